The Balaban J connectivity index is 0.987. The molecular weight excluding hydrogens is 663 g/mol. The lowest BCUT2D eigenvalue weighted by atomic mass is 9.93. The summed E-state index contributed by atoms with van der Waals surface area (Å²) in [6.45, 7) is 8.84. The molecule has 9 rings (SSSR count). The van der Waals surface area contributed by atoms with Crippen molar-refractivity contribution < 1.29 is 14.3 Å². The first-order chi connectivity index (χ1) is 25.8. The molecule has 10 heteroatoms. The molecule has 2 bridgehead atoms. The largest absolute Gasteiger partial charge is 0.481 e. The number of rotatable bonds is 9. The second kappa shape index (κ2) is 13.4. The van der Waals surface area contributed by atoms with E-state index in [2.05, 4.69) is 70.3 Å². The number of carbonyl (C=O) groups is 1. The third kappa shape index (κ3) is 6.10. The van der Waals surface area contributed by atoms with Gasteiger partial charge in [-0.1, -0.05) is 24.3 Å². The summed E-state index contributed by atoms with van der Waals surface area (Å²) >= 11 is 0. The summed E-state index contributed by atoms with van der Waals surface area (Å²) in [5, 5.41) is 24.3. The zero-order valence-electron chi connectivity index (χ0n) is 30.0. The van der Waals surface area contributed by atoms with Gasteiger partial charge >= 0.3 is 5.97 Å². The Bertz CT molecular complexity index is 2440. The van der Waals surface area contributed by atoms with Crippen LogP contribution in [0.5, 0.6) is 0 Å². The van der Waals surface area contributed by atoms with E-state index in [4.69, 9.17) is 14.4 Å². The van der Waals surface area contributed by atoms with Crippen molar-refractivity contribution in [2.45, 2.75) is 58.7 Å². The lowest BCUT2D eigenvalue weighted by molar-refractivity contribution is -0.143. The number of benzene rings is 3. The topological polar surface area (TPSA) is 131 Å². The van der Waals surface area contributed by atoms with Crippen LogP contribution in [0.15, 0.2) is 77.5 Å². The Labute approximate surface area is 308 Å². The summed E-state index contributed by atoms with van der Waals surface area (Å²) in [4.78, 5) is 30.9. The van der Waals surface area contributed by atoms with E-state index in [1.807, 2.05) is 42.7 Å². The second-order valence-corrected chi connectivity index (χ2v) is 15.0. The fourth-order valence-corrected chi connectivity index (χ4v) is 8.99. The molecule has 2 aliphatic heterocycles. The van der Waals surface area contributed by atoms with E-state index in [1.54, 1.807) is 0 Å². The average Bonchev–Trinajstić information content (AvgIpc) is 3.98. The highest BCUT2D eigenvalue weighted by Gasteiger charge is 2.47. The van der Waals surface area contributed by atoms with Gasteiger partial charge in [-0.2, -0.15) is 5.26 Å². The molecule has 6 aromatic rings. The Morgan fingerprint density at radius 1 is 0.962 bits per heavy atom. The van der Waals surface area contributed by atoms with E-state index in [0.717, 1.165) is 88.4 Å². The summed E-state index contributed by atoms with van der Waals surface area (Å²) < 4.78 is 6.34. The molecule has 2 N–H and O–H groups in total. The van der Waals surface area contributed by atoms with Gasteiger partial charge in [0.1, 0.15) is 17.1 Å². The lowest BCUT2D eigenvalue weighted by Crippen LogP contribution is -2.37. The van der Waals surface area contributed by atoms with Crippen LogP contribution in [0, 0.1) is 37.0 Å². The molecule has 0 radical (unpaired) electrons. The van der Waals surface area contributed by atoms with E-state index >= 15 is 0 Å². The van der Waals surface area contributed by atoms with Crippen LogP contribution in [0.2, 0.25) is 0 Å². The van der Waals surface area contributed by atoms with Crippen molar-refractivity contribution in [2.24, 2.45) is 11.8 Å². The van der Waals surface area contributed by atoms with Gasteiger partial charge in [0.2, 0.25) is 5.89 Å². The van der Waals surface area contributed by atoms with Crippen LogP contribution in [-0.4, -0.2) is 61.5 Å². The number of hydrogen-bond acceptors (Lipinski definition) is 9. The molecule has 10 nitrogen and oxygen atoms in total. The van der Waals surface area contributed by atoms with Crippen molar-refractivity contribution >= 4 is 39.5 Å². The van der Waals surface area contributed by atoms with Gasteiger partial charge in [0.25, 0.3) is 0 Å². The number of fused-ring (bicyclic) bond motifs is 4. The Morgan fingerprint density at radius 3 is 2.53 bits per heavy atom. The van der Waals surface area contributed by atoms with Crippen molar-refractivity contribution in [1.82, 2.24) is 24.8 Å². The molecule has 3 fully saturated rings. The number of aromatic nitrogens is 3. The maximum atomic E-state index is 11.6. The first kappa shape index (κ1) is 33.2. The molecule has 53 heavy (non-hydrogen) atoms. The minimum atomic E-state index is -0.684. The monoisotopic (exact) mass is 703 g/mol. The highest BCUT2D eigenvalue weighted by Crippen LogP contribution is 2.43. The normalized spacial score (nSPS) is 20.1. The summed E-state index contributed by atoms with van der Waals surface area (Å²) in [5.41, 5.74) is 10.7. The number of nitriles is 1. The molecule has 3 aliphatic rings. The molecule has 0 amide bonds. The molecule has 3 aromatic heterocycles. The summed E-state index contributed by atoms with van der Waals surface area (Å²) in [6, 6.07) is 23.1. The minimum absolute atomic E-state index is 0.190. The molecule has 266 valence electrons. The van der Waals surface area contributed by atoms with Gasteiger partial charge in [0, 0.05) is 54.7 Å². The number of nitrogens with one attached hydrogen (secondary N) is 1. The molecule has 0 spiro atoms. The number of likely N-dealkylation sites (tertiary alicyclic amines) is 2. The van der Waals surface area contributed by atoms with Gasteiger partial charge in [0.15, 0.2) is 11.4 Å². The zero-order valence-corrected chi connectivity index (χ0v) is 30.0. The number of aliphatic carboxylic acids is 1. The van der Waals surface area contributed by atoms with Gasteiger partial charge in [-0.05, 0) is 128 Å². The van der Waals surface area contributed by atoms with Crippen LogP contribution in [0.25, 0.3) is 44.6 Å². The predicted octanol–water partition coefficient (Wildman–Crippen LogP) is 8.23. The second-order valence-electron chi connectivity index (χ2n) is 15.0. The van der Waals surface area contributed by atoms with Crippen LogP contribution in [-0.2, 0) is 17.9 Å². The molecule has 1 saturated carbocycles. The van der Waals surface area contributed by atoms with Gasteiger partial charge in [-0.25, -0.2) is 9.97 Å². The third-order valence-corrected chi connectivity index (χ3v) is 11.7. The molecule has 5 heterocycles. The van der Waals surface area contributed by atoms with Crippen molar-refractivity contribution in [3.05, 3.63) is 101 Å². The fourth-order valence-electron chi connectivity index (χ4n) is 8.99. The lowest BCUT2D eigenvalue weighted by Gasteiger charge is -2.29. The Morgan fingerprint density at radius 2 is 1.75 bits per heavy atom. The maximum absolute atomic E-state index is 11.6. The van der Waals surface area contributed by atoms with Gasteiger partial charge in [-0.15, -0.1) is 0 Å². The number of nitrogens with zero attached hydrogens (tertiary/aromatic N) is 6. The van der Waals surface area contributed by atoms with E-state index in [1.165, 1.54) is 18.4 Å². The maximum Gasteiger partial charge on any atom is 0.306 e. The third-order valence-electron chi connectivity index (χ3n) is 11.7. The van der Waals surface area contributed by atoms with E-state index in [0.29, 0.717) is 35.5 Å². The standard InChI is InChI=1S/C43H41N7O3/c1-25-33(34-8-6-10-37(26(34)2)47-41-39-29(11-12-45-41)16-28(21-46-39)22-49-13-3-4-14-49)7-5-9-35(25)42-48-38-17-27(15-30(20-44)40(38)53-42)23-50-24-31-18-32(50)19-36(31)43(51)52/h5-12,15-17,21,31-32,36H,3-4,13-14,18-19,22-24H2,1-2H3,(H,45,47)(H,51,52). The molecule has 3 aromatic carbocycles. The van der Waals surface area contributed by atoms with E-state index in [9.17, 15) is 15.2 Å². The number of piperidine rings is 1. The molecule has 1 aliphatic carbocycles. The van der Waals surface area contributed by atoms with Crippen LogP contribution < -0.4 is 5.32 Å². The first-order valence-corrected chi connectivity index (χ1v) is 18.6. The molecular formula is C43H41N7O3. The van der Waals surface area contributed by atoms with Crippen molar-refractivity contribution in [3.8, 4) is 28.7 Å². The van der Waals surface area contributed by atoms with Crippen molar-refractivity contribution in [3.63, 3.8) is 0 Å². The van der Waals surface area contributed by atoms with Crippen molar-refractivity contribution in [2.75, 3.05) is 25.0 Å². The highest BCUT2D eigenvalue weighted by molar-refractivity contribution is 5.91. The Hall–Kier alpha value is -5.63. The predicted molar refractivity (Wildman–Crippen MR) is 204 cm³/mol. The summed E-state index contributed by atoms with van der Waals surface area (Å²) in [5.74, 6) is 0.456. The van der Waals surface area contributed by atoms with Crippen LogP contribution in [0.3, 0.4) is 0 Å². The number of carboxylic acids is 1. The number of carboxylic acid groups (broad SMARTS) is 1. The number of hydrogen-bond donors (Lipinski definition) is 2. The van der Waals surface area contributed by atoms with Crippen LogP contribution >= 0.6 is 0 Å². The van der Waals surface area contributed by atoms with Gasteiger partial charge in [0.05, 0.1) is 11.5 Å². The number of pyridine rings is 2. The highest BCUT2D eigenvalue weighted by atomic mass is 16.4. The quantitative estimate of drug-likeness (QED) is 0.152. The molecule has 3 unspecified atom stereocenters. The Kier molecular flexibility index (Phi) is 8.41. The van der Waals surface area contributed by atoms with Crippen molar-refractivity contribution in [1.29, 1.82) is 5.26 Å². The SMILES string of the molecule is Cc1c(Nc2nccc3cc(CN4CCCC4)cnc23)cccc1-c1cccc(-c2nc3cc(CN4CC5CC4CC5C(=O)O)cc(C#N)c3o2)c1C. The van der Waals surface area contributed by atoms with Crippen LogP contribution in [0.1, 0.15) is 53.5 Å². The smallest absolute Gasteiger partial charge is 0.306 e. The van der Waals surface area contributed by atoms with E-state index in [-0.39, 0.29) is 17.9 Å². The summed E-state index contributed by atoms with van der Waals surface area (Å²) in [7, 11) is 0. The fraction of sp³-hybridized carbons (Fsp3) is 0.326. The molecule has 2 saturated heterocycles. The number of oxazole rings is 1. The average molecular weight is 704 g/mol. The molecule has 3 atom stereocenters. The number of anilines is 2. The van der Waals surface area contributed by atoms with Gasteiger partial charge in [-0.3, -0.25) is 19.6 Å². The van der Waals surface area contributed by atoms with Crippen LogP contribution in [0.4, 0.5) is 11.5 Å². The zero-order chi connectivity index (χ0) is 36.2. The van der Waals surface area contributed by atoms with Gasteiger partial charge < -0.3 is 14.8 Å². The minimum Gasteiger partial charge on any atom is -0.481 e. The van der Waals surface area contributed by atoms with E-state index < -0.39 is 5.97 Å². The summed E-state index contributed by atoms with van der Waals surface area (Å²) in [6.07, 6.45) is 7.96. The first-order valence-electron chi connectivity index (χ1n) is 18.6.